The van der Waals surface area contributed by atoms with Crippen molar-refractivity contribution in [2.75, 3.05) is 0 Å². The molecule has 53 heavy (non-hydrogen) atoms. The highest BCUT2D eigenvalue weighted by Crippen LogP contribution is 2.44. The van der Waals surface area contributed by atoms with Gasteiger partial charge in [0.05, 0.1) is 5.02 Å². The molecule has 0 saturated heterocycles. The highest BCUT2D eigenvalue weighted by molar-refractivity contribution is 6.35. The molecular weight excluding hydrogens is 670 g/mol. The molecule has 0 radical (unpaired) electrons. The number of hydrogen-bond acceptors (Lipinski definition) is 4. The van der Waals surface area contributed by atoms with Crippen molar-refractivity contribution in [3.8, 4) is 33.9 Å². The smallest absolute Gasteiger partial charge is 0.164 e. The summed E-state index contributed by atoms with van der Waals surface area (Å²) in [6.07, 6.45) is 6.55. The number of rotatable bonds is 5. The third-order valence-electron chi connectivity index (χ3n) is 10.6. The monoisotopic (exact) mass is 701 g/mol. The van der Waals surface area contributed by atoms with Crippen LogP contribution < -0.4 is 0 Å². The zero-order chi connectivity index (χ0) is 35.5. The molecule has 9 aromatic rings. The number of benzene rings is 7. The van der Waals surface area contributed by atoms with Gasteiger partial charge >= 0.3 is 0 Å². The van der Waals surface area contributed by atoms with E-state index in [4.69, 9.17) is 31.0 Å². The molecule has 0 aliphatic heterocycles. The second-order valence-corrected chi connectivity index (χ2v) is 14.1. The van der Waals surface area contributed by atoms with Crippen LogP contribution in [0.25, 0.3) is 83.0 Å². The molecule has 4 nitrogen and oxygen atoms in total. The van der Waals surface area contributed by atoms with E-state index >= 15 is 0 Å². The van der Waals surface area contributed by atoms with Gasteiger partial charge in [-0.05, 0) is 62.4 Å². The summed E-state index contributed by atoms with van der Waals surface area (Å²) in [7, 11) is 0. The molecule has 0 fully saturated rings. The van der Waals surface area contributed by atoms with Crippen molar-refractivity contribution in [3.05, 3.63) is 180 Å². The van der Waals surface area contributed by atoms with Gasteiger partial charge in [-0.3, -0.25) is 0 Å². The van der Waals surface area contributed by atoms with Crippen LogP contribution in [0.15, 0.2) is 168 Å². The summed E-state index contributed by atoms with van der Waals surface area (Å²) in [5, 5.41) is 7.49. The molecule has 0 amide bonds. The van der Waals surface area contributed by atoms with Gasteiger partial charge in [-0.2, -0.15) is 0 Å². The summed E-state index contributed by atoms with van der Waals surface area (Å²) < 4.78 is 6.28. The molecule has 2 aromatic heterocycles. The van der Waals surface area contributed by atoms with Crippen LogP contribution in [-0.4, -0.2) is 15.0 Å². The van der Waals surface area contributed by atoms with Crippen LogP contribution in [0.5, 0.6) is 0 Å². The Kier molecular flexibility index (Phi) is 7.52. The first-order chi connectivity index (χ1) is 26.1. The molecule has 2 atom stereocenters. The summed E-state index contributed by atoms with van der Waals surface area (Å²) >= 11 is 6.58. The summed E-state index contributed by atoms with van der Waals surface area (Å²) in [6.45, 7) is 2.26. The Bertz CT molecular complexity index is 2930. The van der Waals surface area contributed by atoms with Crippen molar-refractivity contribution < 1.29 is 4.42 Å². The first-order valence-corrected chi connectivity index (χ1v) is 18.3. The number of furan rings is 1. The summed E-state index contributed by atoms with van der Waals surface area (Å²) in [5.74, 6) is 2.07. The number of aromatic nitrogens is 3. The molecule has 0 spiro atoms. The topological polar surface area (TPSA) is 51.8 Å². The van der Waals surface area contributed by atoms with Crippen LogP contribution in [0.3, 0.4) is 0 Å². The van der Waals surface area contributed by atoms with E-state index in [1.807, 2.05) is 18.2 Å². The molecule has 0 bridgehead atoms. The molecule has 2 unspecified atom stereocenters. The molecule has 252 valence electrons. The largest absolute Gasteiger partial charge is 0.454 e. The Morgan fingerprint density at radius 1 is 0.566 bits per heavy atom. The van der Waals surface area contributed by atoms with E-state index < -0.39 is 0 Å². The number of para-hydroxylation sites is 1. The van der Waals surface area contributed by atoms with E-state index in [1.54, 1.807) is 0 Å². The molecule has 1 aliphatic carbocycles. The molecule has 7 aromatic carbocycles. The molecule has 0 N–H and O–H groups in total. The maximum atomic E-state index is 6.58. The van der Waals surface area contributed by atoms with Crippen LogP contribution in [0, 0.1) is 5.92 Å². The predicted octanol–water partition coefficient (Wildman–Crippen LogP) is 13.1. The third kappa shape index (κ3) is 5.42. The fourth-order valence-electron chi connectivity index (χ4n) is 7.93. The first kappa shape index (κ1) is 31.4. The standard InChI is InChI=1S/C48H32ClN3O/c1-29-36(40-18-9-21-43-44(40)41-19-8-20-42(49)45(41)53-43)15-7-16-37(29)48-51-46(50-47(52-48)35-27-22-30-10-2-3-12-34(30)28-35)33-25-23-32(24-26-33)39-17-6-13-31-11-4-5-14-38(31)39/h2-29,36H,1H3. The van der Waals surface area contributed by atoms with Crippen LogP contribution in [-0.2, 0) is 0 Å². The lowest BCUT2D eigenvalue weighted by molar-refractivity contribution is 0.648. The number of hydrogen-bond donors (Lipinski definition) is 0. The molecule has 0 saturated carbocycles. The van der Waals surface area contributed by atoms with Crippen LogP contribution in [0.4, 0.5) is 0 Å². The third-order valence-corrected chi connectivity index (χ3v) is 10.9. The van der Waals surface area contributed by atoms with Crippen molar-refractivity contribution in [1.82, 2.24) is 15.0 Å². The van der Waals surface area contributed by atoms with Crippen molar-refractivity contribution >= 4 is 60.7 Å². The Hall–Kier alpha value is -6.36. The normalized spacial score (nSPS) is 15.8. The average molecular weight is 702 g/mol. The van der Waals surface area contributed by atoms with Gasteiger partial charge in [-0.25, -0.2) is 15.0 Å². The fraction of sp³-hybridized carbons (Fsp3) is 0.0625. The molecule has 5 heteroatoms. The van der Waals surface area contributed by atoms with Gasteiger partial charge in [0.1, 0.15) is 5.58 Å². The number of fused-ring (bicyclic) bond motifs is 5. The van der Waals surface area contributed by atoms with Crippen molar-refractivity contribution in [2.45, 2.75) is 12.8 Å². The van der Waals surface area contributed by atoms with Gasteiger partial charge in [0, 0.05) is 33.4 Å². The molecule has 2 heterocycles. The van der Waals surface area contributed by atoms with Crippen molar-refractivity contribution in [2.24, 2.45) is 5.92 Å². The maximum Gasteiger partial charge on any atom is 0.164 e. The summed E-state index contributed by atoms with van der Waals surface area (Å²) in [5.41, 5.74) is 8.01. The SMILES string of the molecule is CC1C(c2nc(-c3ccc(-c4cccc5ccccc45)cc3)nc(-c3ccc4ccccc4c3)n2)=CC=CC1c1cccc2oc3c(Cl)cccc3c12. The number of nitrogens with zero attached hydrogens (tertiary/aromatic N) is 3. The van der Waals surface area contributed by atoms with E-state index in [1.165, 1.54) is 27.3 Å². The van der Waals surface area contributed by atoms with Gasteiger partial charge in [0.2, 0.25) is 0 Å². The molecular formula is C48H32ClN3O. The highest BCUT2D eigenvalue weighted by Gasteiger charge is 2.29. The Balaban J connectivity index is 1.09. The Morgan fingerprint density at radius 2 is 1.23 bits per heavy atom. The minimum absolute atomic E-state index is 0.0581. The van der Waals surface area contributed by atoms with Crippen LogP contribution in [0.1, 0.15) is 24.2 Å². The van der Waals surface area contributed by atoms with Gasteiger partial charge in [-0.1, -0.05) is 164 Å². The van der Waals surface area contributed by atoms with E-state index in [0.29, 0.717) is 28.1 Å². The van der Waals surface area contributed by atoms with Crippen LogP contribution >= 0.6 is 11.6 Å². The van der Waals surface area contributed by atoms with Gasteiger partial charge < -0.3 is 4.42 Å². The lowest BCUT2D eigenvalue weighted by Gasteiger charge is -2.27. The second-order valence-electron chi connectivity index (χ2n) is 13.7. The zero-order valence-electron chi connectivity index (χ0n) is 28.9. The zero-order valence-corrected chi connectivity index (χ0v) is 29.6. The fourth-order valence-corrected chi connectivity index (χ4v) is 8.14. The maximum absolute atomic E-state index is 6.58. The minimum atomic E-state index is 0.0581. The lowest BCUT2D eigenvalue weighted by atomic mass is 9.77. The molecule has 1 aliphatic rings. The van der Waals surface area contributed by atoms with Crippen molar-refractivity contribution in [3.63, 3.8) is 0 Å². The van der Waals surface area contributed by atoms with Gasteiger partial charge in [0.15, 0.2) is 23.1 Å². The van der Waals surface area contributed by atoms with E-state index in [9.17, 15) is 0 Å². The van der Waals surface area contributed by atoms with Crippen LogP contribution in [0.2, 0.25) is 5.02 Å². The van der Waals surface area contributed by atoms with E-state index in [-0.39, 0.29) is 11.8 Å². The predicted molar refractivity (Wildman–Crippen MR) is 219 cm³/mol. The van der Waals surface area contributed by atoms with Gasteiger partial charge in [0.25, 0.3) is 0 Å². The summed E-state index contributed by atoms with van der Waals surface area (Å²) in [6, 6.07) is 50.5. The number of halogens is 1. The second kappa shape index (κ2) is 12.7. The minimum Gasteiger partial charge on any atom is -0.454 e. The average Bonchev–Trinajstić information content (AvgIpc) is 3.61. The quantitative estimate of drug-likeness (QED) is 0.179. The van der Waals surface area contributed by atoms with Gasteiger partial charge in [-0.15, -0.1) is 0 Å². The summed E-state index contributed by atoms with van der Waals surface area (Å²) in [4.78, 5) is 15.5. The first-order valence-electron chi connectivity index (χ1n) is 17.9. The Morgan fingerprint density at radius 3 is 2.09 bits per heavy atom. The van der Waals surface area contributed by atoms with Crippen molar-refractivity contribution in [1.29, 1.82) is 0 Å². The lowest BCUT2D eigenvalue weighted by Crippen LogP contribution is -2.15. The molecule has 10 rings (SSSR count). The highest BCUT2D eigenvalue weighted by atomic mass is 35.5. The number of allylic oxidation sites excluding steroid dienone is 4. The Labute approximate surface area is 311 Å². The van der Waals surface area contributed by atoms with E-state index in [0.717, 1.165) is 44.0 Å². The van der Waals surface area contributed by atoms with E-state index in [2.05, 4.69) is 153 Å².